The van der Waals surface area contributed by atoms with Crippen molar-refractivity contribution < 1.29 is 4.74 Å². The molecule has 1 aromatic rings. The highest BCUT2D eigenvalue weighted by Crippen LogP contribution is 2.10. The van der Waals surface area contributed by atoms with E-state index in [1.54, 1.807) is 0 Å². The molecular formula is C11H19N3O. The van der Waals surface area contributed by atoms with E-state index in [9.17, 15) is 0 Å². The summed E-state index contributed by atoms with van der Waals surface area (Å²) in [7, 11) is 1.98. The Hall–Kier alpha value is -0.870. The Morgan fingerprint density at radius 3 is 3.13 bits per heavy atom. The van der Waals surface area contributed by atoms with Crippen molar-refractivity contribution in [2.75, 3.05) is 13.2 Å². The van der Waals surface area contributed by atoms with E-state index in [1.165, 1.54) is 18.5 Å². The molecular weight excluding hydrogens is 190 g/mol. The second-order valence-corrected chi connectivity index (χ2v) is 4.17. The van der Waals surface area contributed by atoms with Crippen molar-refractivity contribution in [3.05, 3.63) is 17.5 Å². The van der Waals surface area contributed by atoms with Crippen LogP contribution in [0.15, 0.2) is 6.07 Å². The zero-order valence-corrected chi connectivity index (χ0v) is 9.49. The molecule has 2 rings (SSSR count). The van der Waals surface area contributed by atoms with Gasteiger partial charge in [0, 0.05) is 26.7 Å². The van der Waals surface area contributed by atoms with Crippen LogP contribution in [0.1, 0.15) is 24.2 Å². The first-order valence-corrected chi connectivity index (χ1v) is 5.57. The molecule has 1 atom stereocenters. The van der Waals surface area contributed by atoms with E-state index in [4.69, 9.17) is 4.74 Å². The number of hydrogen-bond acceptors (Lipinski definition) is 3. The molecule has 1 saturated heterocycles. The van der Waals surface area contributed by atoms with Crippen molar-refractivity contribution in [1.29, 1.82) is 0 Å². The zero-order chi connectivity index (χ0) is 10.7. The molecule has 1 N–H and O–H groups in total. The molecule has 4 nitrogen and oxygen atoms in total. The van der Waals surface area contributed by atoms with Crippen molar-refractivity contribution >= 4 is 0 Å². The summed E-state index contributed by atoms with van der Waals surface area (Å²) in [5, 5.41) is 7.72. The lowest BCUT2D eigenvalue weighted by molar-refractivity contribution is 0.110. The van der Waals surface area contributed by atoms with Crippen molar-refractivity contribution in [3.63, 3.8) is 0 Å². The fourth-order valence-electron chi connectivity index (χ4n) is 2.00. The van der Waals surface area contributed by atoms with Gasteiger partial charge in [0.1, 0.15) is 0 Å². The third-order valence-corrected chi connectivity index (χ3v) is 2.80. The van der Waals surface area contributed by atoms with Gasteiger partial charge in [-0.25, -0.2) is 0 Å². The van der Waals surface area contributed by atoms with Crippen LogP contribution < -0.4 is 5.32 Å². The summed E-state index contributed by atoms with van der Waals surface area (Å²) in [4.78, 5) is 0. The van der Waals surface area contributed by atoms with Gasteiger partial charge in [-0.15, -0.1) is 0 Å². The lowest BCUT2D eigenvalue weighted by Crippen LogP contribution is -2.26. The smallest absolute Gasteiger partial charge is 0.0700 e. The van der Waals surface area contributed by atoms with Gasteiger partial charge in [0.25, 0.3) is 0 Å². The van der Waals surface area contributed by atoms with E-state index in [0.29, 0.717) is 6.10 Å². The number of aromatic nitrogens is 2. The SMILES string of the molecule is Cc1cc(CNC[C@@H]2CCCO2)n(C)n1. The van der Waals surface area contributed by atoms with Gasteiger partial charge in [0.15, 0.2) is 0 Å². The largest absolute Gasteiger partial charge is 0.377 e. The molecule has 0 radical (unpaired) electrons. The molecule has 1 aliphatic rings. The molecule has 0 amide bonds. The molecule has 0 spiro atoms. The summed E-state index contributed by atoms with van der Waals surface area (Å²) in [5.74, 6) is 0. The van der Waals surface area contributed by atoms with Gasteiger partial charge >= 0.3 is 0 Å². The third-order valence-electron chi connectivity index (χ3n) is 2.80. The van der Waals surface area contributed by atoms with E-state index in [0.717, 1.165) is 25.4 Å². The average Bonchev–Trinajstić information content (AvgIpc) is 2.77. The summed E-state index contributed by atoms with van der Waals surface area (Å²) < 4.78 is 7.47. The summed E-state index contributed by atoms with van der Waals surface area (Å²) >= 11 is 0. The van der Waals surface area contributed by atoms with Crippen LogP contribution >= 0.6 is 0 Å². The maximum atomic E-state index is 5.54. The number of rotatable bonds is 4. The number of aryl methyl sites for hydroxylation is 2. The van der Waals surface area contributed by atoms with Crippen LogP contribution in [0, 0.1) is 6.92 Å². The number of ether oxygens (including phenoxy) is 1. The second kappa shape index (κ2) is 4.77. The lowest BCUT2D eigenvalue weighted by atomic mass is 10.2. The minimum Gasteiger partial charge on any atom is -0.377 e. The van der Waals surface area contributed by atoms with Crippen LogP contribution in [-0.2, 0) is 18.3 Å². The monoisotopic (exact) mass is 209 g/mol. The maximum absolute atomic E-state index is 5.54. The Morgan fingerprint density at radius 1 is 1.67 bits per heavy atom. The third kappa shape index (κ3) is 2.79. The van der Waals surface area contributed by atoms with Crippen LogP contribution in [0.25, 0.3) is 0 Å². The molecule has 84 valence electrons. The normalized spacial score (nSPS) is 21.1. The summed E-state index contributed by atoms with van der Waals surface area (Å²) in [6.07, 6.45) is 2.81. The van der Waals surface area contributed by atoms with Gasteiger partial charge in [0.2, 0.25) is 0 Å². The highest BCUT2D eigenvalue weighted by molar-refractivity contribution is 5.08. The van der Waals surface area contributed by atoms with Gasteiger partial charge in [-0.1, -0.05) is 0 Å². The minimum atomic E-state index is 0.416. The van der Waals surface area contributed by atoms with E-state index in [1.807, 2.05) is 18.7 Å². The van der Waals surface area contributed by atoms with Crippen molar-refractivity contribution in [1.82, 2.24) is 15.1 Å². The van der Waals surface area contributed by atoms with Crippen LogP contribution in [0.2, 0.25) is 0 Å². The van der Waals surface area contributed by atoms with Crippen molar-refractivity contribution in [2.45, 2.75) is 32.4 Å². The minimum absolute atomic E-state index is 0.416. The Kier molecular flexibility index (Phi) is 3.38. The molecule has 1 aliphatic heterocycles. The molecule has 0 bridgehead atoms. The van der Waals surface area contributed by atoms with E-state index in [-0.39, 0.29) is 0 Å². The average molecular weight is 209 g/mol. The molecule has 2 heterocycles. The molecule has 0 saturated carbocycles. The van der Waals surface area contributed by atoms with Crippen LogP contribution in [0.4, 0.5) is 0 Å². The quantitative estimate of drug-likeness (QED) is 0.804. The van der Waals surface area contributed by atoms with Gasteiger partial charge in [-0.2, -0.15) is 5.10 Å². The van der Waals surface area contributed by atoms with E-state index < -0.39 is 0 Å². The second-order valence-electron chi connectivity index (χ2n) is 4.17. The molecule has 0 unspecified atom stereocenters. The Balaban J connectivity index is 1.75. The fourth-order valence-corrected chi connectivity index (χ4v) is 2.00. The number of nitrogens with zero attached hydrogens (tertiary/aromatic N) is 2. The molecule has 4 heteroatoms. The van der Waals surface area contributed by atoms with Gasteiger partial charge in [-0.3, -0.25) is 4.68 Å². The highest BCUT2D eigenvalue weighted by Gasteiger charge is 2.14. The van der Waals surface area contributed by atoms with E-state index in [2.05, 4.69) is 16.5 Å². The summed E-state index contributed by atoms with van der Waals surface area (Å²) in [5.41, 5.74) is 2.30. The van der Waals surface area contributed by atoms with E-state index >= 15 is 0 Å². The van der Waals surface area contributed by atoms with Gasteiger partial charge < -0.3 is 10.1 Å². The van der Waals surface area contributed by atoms with Gasteiger partial charge in [-0.05, 0) is 25.8 Å². The van der Waals surface area contributed by atoms with Crippen LogP contribution in [-0.4, -0.2) is 29.0 Å². The van der Waals surface area contributed by atoms with Crippen molar-refractivity contribution in [3.8, 4) is 0 Å². The van der Waals surface area contributed by atoms with Crippen LogP contribution in [0.3, 0.4) is 0 Å². The first-order chi connectivity index (χ1) is 7.25. The maximum Gasteiger partial charge on any atom is 0.0700 e. The number of nitrogens with one attached hydrogen (secondary N) is 1. The Bertz CT molecular complexity index is 316. The number of hydrogen-bond donors (Lipinski definition) is 1. The first kappa shape index (κ1) is 10.6. The Morgan fingerprint density at radius 2 is 2.53 bits per heavy atom. The topological polar surface area (TPSA) is 39.1 Å². The molecule has 1 fully saturated rings. The zero-order valence-electron chi connectivity index (χ0n) is 9.49. The van der Waals surface area contributed by atoms with Crippen LogP contribution in [0.5, 0.6) is 0 Å². The lowest BCUT2D eigenvalue weighted by Gasteiger charge is -2.10. The van der Waals surface area contributed by atoms with Crippen molar-refractivity contribution in [2.24, 2.45) is 7.05 Å². The fraction of sp³-hybridized carbons (Fsp3) is 0.727. The molecule has 15 heavy (non-hydrogen) atoms. The first-order valence-electron chi connectivity index (χ1n) is 5.57. The summed E-state index contributed by atoms with van der Waals surface area (Å²) in [6.45, 7) is 4.77. The standard InChI is InChI=1S/C11H19N3O/c1-9-6-10(14(2)13-9)7-12-8-11-4-3-5-15-11/h6,11-12H,3-5,7-8H2,1-2H3/t11-/m0/s1. The predicted molar refractivity (Wildman–Crippen MR) is 58.6 cm³/mol. The highest BCUT2D eigenvalue weighted by atomic mass is 16.5. The molecule has 0 aliphatic carbocycles. The predicted octanol–water partition coefficient (Wildman–Crippen LogP) is 0.997. The summed E-state index contributed by atoms with van der Waals surface area (Å²) in [6, 6.07) is 2.11. The molecule has 0 aromatic carbocycles. The Labute approximate surface area is 90.6 Å². The molecule has 1 aromatic heterocycles. The van der Waals surface area contributed by atoms with Gasteiger partial charge in [0.05, 0.1) is 17.5 Å².